The zero-order chi connectivity index (χ0) is 39.0. The van der Waals surface area contributed by atoms with Crippen LogP contribution in [0.15, 0.2) is 48.5 Å². The maximum atomic E-state index is 12.5. The lowest BCUT2D eigenvalue weighted by Gasteiger charge is -2.23. The summed E-state index contributed by atoms with van der Waals surface area (Å²) in [5.41, 5.74) is 1.23. The topological polar surface area (TPSA) is 105 Å². The third-order valence-corrected chi connectivity index (χ3v) is 10.2. The highest BCUT2D eigenvalue weighted by Gasteiger charge is 2.26. The Morgan fingerprint density at radius 2 is 0.778 bits per heavy atom. The second-order valence-electron chi connectivity index (χ2n) is 15.9. The summed E-state index contributed by atoms with van der Waals surface area (Å²) in [5, 5.41) is 0. The van der Waals surface area contributed by atoms with Crippen LogP contribution < -0.4 is 0 Å². The molecule has 54 heavy (non-hydrogen) atoms. The van der Waals surface area contributed by atoms with Crippen molar-refractivity contribution in [3.63, 3.8) is 0 Å². The van der Waals surface area contributed by atoms with E-state index in [0.717, 1.165) is 102 Å². The molecular weight excluding hydrogens is 680 g/mol. The lowest BCUT2D eigenvalue weighted by atomic mass is 9.97. The van der Waals surface area contributed by atoms with E-state index in [4.69, 9.17) is 18.9 Å². The van der Waals surface area contributed by atoms with Gasteiger partial charge in [-0.05, 0) is 100 Å². The van der Waals surface area contributed by atoms with Crippen molar-refractivity contribution in [2.75, 3.05) is 13.2 Å². The fourth-order valence-corrected chi connectivity index (χ4v) is 6.98. The molecule has 8 heteroatoms. The Morgan fingerprint density at radius 3 is 1.11 bits per heavy atom. The second kappa shape index (κ2) is 26.2. The van der Waals surface area contributed by atoms with Crippen LogP contribution in [0.1, 0.15) is 198 Å². The molecule has 300 valence electrons. The summed E-state index contributed by atoms with van der Waals surface area (Å²) in [6, 6.07) is 13.6. The van der Waals surface area contributed by atoms with Gasteiger partial charge in [0.05, 0.1) is 35.5 Å². The maximum absolute atomic E-state index is 12.5. The highest BCUT2D eigenvalue weighted by Crippen LogP contribution is 2.25. The lowest BCUT2D eigenvalue weighted by molar-refractivity contribution is 0.0164. The lowest BCUT2D eigenvalue weighted by Crippen LogP contribution is -2.24. The van der Waals surface area contributed by atoms with Crippen LogP contribution in [0.4, 0.5) is 0 Å². The summed E-state index contributed by atoms with van der Waals surface area (Å²) in [7, 11) is 0. The molecule has 0 spiro atoms. The number of ether oxygens (including phenoxy) is 4. The molecule has 8 nitrogen and oxygen atoms in total. The van der Waals surface area contributed by atoms with Crippen LogP contribution in [0.5, 0.6) is 0 Å². The molecular formula is C46H68O8. The molecule has 4 rings (SSSR count). The summed E-state index contributed by atoms with van der Waals surface area (Å²) < 4.78 is 22.0. The first-order valence-corrected chi connectivity index (χ1v) is 21.1. The standard InChI is InChI=1S/C26H42O4.C20H26O4/c1-21(2)15-9-5-7-13-19-29-25(27)23-17-11-12-18-24(23)26(28)30-20-14-8-6-10-16-22(3)4;21-19(23-15-9-3-1-4-10-15)17-13-7-8-14-18(17)20(22)24-16-11-5-2-6-12-16/h11-12,17-18,21-22H,5-10,13-16,19-20H2,1-4H3;7-8,13-16H,1-6,9-12H2. The smallest absolute Gasteiger partial charge is 0.339 e. The zero-order valence-electron chi connectivity index (χ0n) is 33.8. The van der Waals surface area contributed by atoms with Crippen molar-refractivity contribution < 1.29 is 38.1 Å². The molecule has 2 fully saturated rings. The van der Waals surface area contributed by atoms with Crippen LogP contribution in [-0.4, -0.2) is 49.3 Å². The van der Waals surface area contributed by atoms with Crippen molar-refractivity contribution in [2.45, 2.75) is 168 Å². The average molecular weight is 749 g/mol. The minimum absolute atomic E-state index is 0.0197. The van der Waals surface area contributed by atoms with Crippen LogP contribution in [0.3, 0.4) is 0 Å². The van der Waals surface area contributed by atoms with E-state index in [-0.39, 0.29) is 12.2 Å². The first-order chi connectivity index (χ1) is 26.2. The zero-order valence-corrected chi connectivity index (χ0v) is 33.8. The van der Waals surface area contributed by atoms with E-state index in [2.05, 4.69) is 27.7 Å². The molecule has 0 N–H and O–H groups in total. The predicted molar refractivity (Wildman–Crippen MR) is 214 cm³/mol. The Morgan fingerprint density at radius 1 is 0.463 bits per heavy atom. The molecule has 0 amide bonds. The Bertz CT molecular complexity index is 1280. The fourth-order valence-electron chi connectivity index (χ4n) is 6.98. The van der Waals surface area contributed by atoms with E-state index >= 15 is 0 Å². The summed E-state index contributed by atoms with van der Waals surface area (Å²) in [5.74, 6) is -0.221. The number of esters is 4. The van der Waals surface area contributed by atoms with Gasteiger partial charge in [0, 0.05) is 0 Å². The van der Waals surface area contributed by atoms with Gasteiger partial charge in [-0.25, -0.2) is 19.2 Å². The first-order valence-electron chi connectivity index (χ1n) is 21.1. The van der Waals surface area contributed by atoms with Crippen molar-refractivity contribution >= 4 is 23.9 Å². The van der Waals surface area contributed by atoms with Gasteiger partial charge in [-0.2, -0.15) is 0 Å². The average Bonchev–Trinajstić information content (AvgIpc) is 3.17. The van der Waals surface area contributed by atoms with Gasteiger partial charge in [0.25, 0.3) is 0 Å². The van der Waals surface area contributed by atoms with Crippen molar-refractivity contribution in [1.82, 2.24) is 0 Å². The molecule has 0 heterocycles. The molecule has 2 saturated carbocycles. The number of benzene rings is 2. The van der Waals surface area contributed by atoms with Crippen molar-refractivity contribution in [3.8, 4) is 0 Å². The molecule has 2 aromatic rings. The number of carbonyl (C=O) groups excluding carboxylic acids is 4. The summed E-state index contributed by atoms with van der Waals surface area (Å²) in [4.78, 5) is 49.8. The quantitative estimate of drug-likeness (QED) is 0.0748. The van der Waals surface area contributed by atoms with Gasteiger partial charge >= 0.3 is 23.9 Å². The monoisotopic (exact) mass is 748 g/mol. The Hall–Kier alpha value is -3.68. The van der Waals surface area contributed by atoms with Crippen LogP contribution >= 0.6 is 0 Å². The van der Waals surface area contributed by atoms with Gasteiger partial charge in [0.15, 0.2) is 0 Å². The summed E-state index contributed by atoms with van der Waals surface area (Å²) in [6.07, 6.45) is 21.5. The molecule has 0 atom stereocenters. The minimum atomic E-state index is -0.446. The molecule has 2 aromatic carbocycles. The van der Waals surface area contributed by atoms with E-state index in [0.29, 0.717) is 35.5 Å². The maximum Gasteiger partial charge on any atom is 0.339 e. The molecule has 0 unspecified atom stereocenters. The van der Waals surface area contributed by atoms with Gasteiger partial charge in [-0.1, -0.05) is 116 Å². The molecule has 0 saturated heterocycles. The normalized spacial score (nSPS) is 14.9. The number of rotatable bonds is 20. The molecule has 0 radical (unpaired) electrons. The molecule has 2 aliphatic carbocycles. The number of hydrogen-bond acceptors (Lipinski definition) is 8. The molecule has 0 aliphatic heterocycles. The van der Waals surface area contributed by atoms with Crippen LogP contribution in [0.25, 0.3) is 0 Å². The van der Waals surface area contributed by atoms with E-state index in [9.17, 15) is 19.2 Å². The van der Waals surface area contributed by atoms with Crippen LogP contribution in [0.2, 0.25) is 0 Å². The molecule has 0 aromatic heterocycles. The Labute approximate surface area is 325 Å². The number of hydrogen-bond donors (Lipinski definition) is 0. The highest BCUT2D eigenvalue weighted by molar-refractivity contribution is 6.04. The molecule has 2 aliphatic rings. The number of unbranched alkanes of at least 4 members (excludes halogenated alkanes) is 6. The Kier molecular flexibility index (Phi) is 21.7. The van der Waals surface area contributed by atoms with Crippen molar-refractivity contribution in [1.29, 1.82) is 0 Å². The van der Waals surface area contributed by atoms with Crippen LogP contribution in [-0.2, 0) is 18.9 Å². The SMILES string of the molecule is CC(C)CCCCCCOC(=O)c1ccccc1C(=O)OCCCCCCC(C)C.O=C(OC1CCCCC1)c1ccccc1C(=O)OC1CCCCC1. The van der Waals surface area contributed by atoms with Gasteiger partial charge in [0.1, 0.15) is 12.2 Å². The van der Waals surface area contributed by atoms with Crippen molar-refractivity contribution in [3.05, 3.63) is 70.8 Å². The fraction of sp³-hybridized carbons (Fsp3) is 0.652. The van der Waals surface area contributed by atoms with Gasteiger partial charge in [-0.15, -0.1) is 0 Å². The third kappa shape index (κ3) is 17.6. The van der Waals surface area contributed by atoms with E-state index in [1.807, 2.05) is 0 Å². The van der Waals surface area contributed by atoms with Crippen LogP contribution in [0, 0.1) is 11.8 Å². The summed E-state index contributed by atoms with van der Waals surface area (Å²) in [6.45, 7) is 9.72. The largest absolute Gasteiger partial charge is 0.462 e. The third-order valence-electron chi connectivity index (χ3n) is 10.2. The Balaban J connectivity index is 0.000000296. The number of carbonyl (C=O) groups is 4. The predicted octanol–water partition coefficient (Wildman–Crippen LogP) is 11.9. The minimum Gasteiger partial charge on any atom is -0.462 e. The van der Waals surface area contributed by atoms with Gasteiger partial charge < -0.3 is 18.9 Å². The van der Waals surface area contributed by atoms with E-state index in [1.54, 1.807) is 48.5 Å². The van der Waals surface area contributed by atoms with E-state index in [1.165, 1.54) is 38.5 Å². The second-order valence-corrected chi connectivity index (χ2v) is 15.9. The summed E-state index contributed by atoms with van der Waals surface area (Å²) >= 11 is 0. The van der Waals surface area contributed by atoms with Gasteiger partial charge in [-0.3, -0.25) is 0 Å². The molecule has 0 bridgehead atoms. The highest BCUT2D eigenvalue weighted by atomic mass is 16.6. The van der Waals surface area contributed by atoms with Gasteiger partial charge in [0.2, 0.25) is 0 Å². The van der Waals surface area contributed by atoms with Crippen molar-refractivity contribution in [2.24, 2.45) is 11.8 Å². The first kappa shape index (κ1) is 44.7. The van der Waals surface area contributed by atoms with E-state index < -0.39 is 23.9 Å².